The largest absolute Gasteiger partial charge is 0.398 e. The SMILES string of the molecule is Cc1cccc(NC(=O)c2cc(N)c(C)c(F)c2)c1. The fourth-order valence-corrected chi connectivity index (χ4v) is 1.76. The maximum Gasteiger partial charge on any atom is 0.255 e. The van der Waals surface area contributed by atoms with Gasteiger partial charge in [0.15, 0.2) is 0 Å². The second-order valence-electron chi connectivity index (χ2n) is 4.50. The van der Waals surface area contributed by atoms with Gasteiger partial charge in [-0.05, 0) is 43.7 Å². The van der Waals surface area contributed by atoms with Gasteiger partial charge in [0, 0.05) is 22.5 Å². The van der Waals surface area contributed by atoms with Crippen molar-refractivity contribution in [2.75, 3.05) is 11.1 Å². The average molecular weight is 258 g/mol. The van der Waals surface area contributed by atoms with Gasteiger partial charge in [-0.3, -0.25) is 4.79 Å². The Morgan fingerprint density at radius 1 is 1.21 bits per heavy atom. The van der Waals surface area contributed by atoms with E-state index < -0.39 is 5.82 Å². The summed E-state index contributed by atoms with van der Waals surface area (Å²) in [4.78, 5) is 12.0. The highest BCUT2D eigenvalue weighted by atomic mass is 19.1. The third-order valence-corrected chi connectivity index (χ3v) is 2.92. The van der Waals surface area contributed by atoms with Crippen LogP contribution in [-0.2, 0) is 0 Å². The highest BCUT2D eigenvalue weighted by Gasteiger charge is 2.11. The lowest BCUT2D eigenvalue weighted by molar-refractivity contribution is 0.102. The van der Waals surface area contributed by atoms with E-state index in [1.54, 1.807) is 13.0 Å². The molecule has 0 heterocycles. The lowest BCUT2D eigenvalue weighted by Crippen LogP contribution is -2.13. The van der Waals surface area contributed by atoms with Crippen molar-refractivity contribution in [1.29, 1.82) is 0 Å². The maximum atomic E-state index is 13.5. The van der Waals surface area contributed by atoms with Crippen molar-refractivity contribution in [3.05, 3.63) is 58.9 Å². The van der Waals surface area contributed by atoms with Crippen LogP contribution in [-0.4, -0.2) is 5.91 Å². The molecule has 98 valence electrons. The van der Waals surface area contributed by atoms with Crippen LogP contribution < -0.4 is 11.1 Å². The number of halogens is 1. The van der Waals surface area contributed by atoms with Gasteiger partial charge in [0.05, 0.1) is 0 Å². The Hall–Kier alpha value is -2.36. The molecule has 2 rings (SSSR count). The van der Waals surface area contributed by atoms with Gasteiger partial charge in [-0.2, -0.15) is 0 Å². The molecule has 0 atom stereocenters. The van der Waals surface area contributed by atoms with E-state index in [-0.39, 0.29) is 17.2 Å². The molecule has 4 heteroatoms. The molecule has 0 fully saturated rings. The first-order chi connectivity index (χ1) is 8.97. The van der Waals surface area contributed by atoms with Crippen LogP contribution in [0.1, 0.15) is 21.5 Å². The van der Waals surface area contributed by atoms with Crippen LogP contribution in [0.15, 0.2) is 36.4 Å². The summed E-state index contributed by atoms with van der Waals surface area (Å²) in [5.74, 6) is -0.856. The zero-order valence-electron chi connectivity index (χ0n) is 10.8. The predicted molar refractivity (Wildman–Crippen MR) is 74.7 cm³/mol. The van der Waals surface area contributed by atoms with Gasteiger partial charge in [0.2, 0.25) is 0 Å². The van der Waals surface area contributed by atoms with Crippen molar-refractivity contribution in [1.82, 2.24) is 0 Å². The van der Waals surface area contributed by atoms with Gasteiger partial charge in [-0.25, -0.2) is 4.39 Å². The summed E-state index contributed by atoms with van der Waals surface area (Å²) in [5, 5.41) is 2.71. The summed E-state index contributed by atoms with van der Waals surface area (Å²) in [5.41, 5.74) is 8.20. The molecule has 0 unspecified atom stereocenters. The van der Waals surface area contributed by atoms with E-state index >= 15 is 0 Å². The zero-order valence-corrected chi connectivity index (χ0v) is 10.8. The molecule has 19 heavy (non-hydrogen) atoms. The van der Waals surface area contributed by atoms with Crippen molar-refractivity contribution in [2.45, 2.75) is 13.8 Å². The van der Waals surface area contributed by atoms with Crippen LogP contribution in [0.25, 0.3) is 0 Å². The van der Waals surface area contributed by atoms with Crippen molar-refractivity contribution in [2.24, 2.45) is 0 Å². The minimum Gasteiger partial charge on any atom is -0.398 e. The number of nitrogen functional groups attached to an aromatic ring is 1. The fraction of sp³-hybridized carbons (Fsp3) is 0.133. The molecule has 1 amide bonds. The van der Waals surface area contributed by atoms with Crippen LogP contribution in [0.2, 0.25) is 0 Å². The summed E-state index contributed by atoms with van der Waals surface area (Å²) >= 11 is 0. The minimum atomic E-state index is -0.477. The van der Waals surface area contributed by atoms with Crippen molar-refractivity contribution < 1.29 is 9.18 Å². The predicted octanol–water partition coefficient (Wildman–Crippen LogP) is 3.28. The first-order valence-electron chi connectivity index (χ1n) is 5.91. The number of nitrogens with two attached hydrogens (primary N) is 1. The first-order valence-corrected chi connectivity index (χ1v) is 5.91. The molecule has 2 aromatic carbocycles. The maximum absolute atomic E-state index is 13.5. The molecule has 0 saturated carbocycles. The van der Waals surface area contributed by atoms with Crippen molar-refractivity contribution in [3.63, 3.8) is 0 Å². The third-order valence-electron chi connectivity index (χ3n) is 2.92. The number of amides is 1. The van der Waals surface area contributed by atoms with Crippen LogP contribution in [0, 0.1) is 19.7 Å². The molecular formula is C15H15FN2O. The second-order valence-corrected chi connectivity index (χ2v) is 4.50. The highest BCUT2D eigenvalue weighted by molar-refractivity contribution is 6.04. The molecule has 0 radical (unpaired) electrons. The normalized spacial score (nSPS) is 10.3. The molecule has 0 spiro atoms. The number of carbonyl (C=O) groups excluding carboxylic acids is 1. The average Bonchev–Trinajstić information content (AvgIpc) is 2.35. The van der Waals surface area contributed by atoms with Gasteiger partial charge in [0.1, 0.15) is 5.82 Å². The Bertz CT molecular complexity index is 615. The van der Waals surface area contributed by atoms with Crippen molar-refractivity contribution >= 4 is 17.3 Å². The summed E-state index contributed by atoms with van der Waals surface area (Å²) in [6.07, 6.45) is 0. The van der Waals surface area contributed by atoms with Crippen molar-refractivity contribution in [3.8, 4) is 0 Å². The zero-order chi connectivity index (χ0) is 14.0. The standard InChI is InChI=1S/C15H15FN2O/c1-9-4-3-5-12(6-9)18-15(19)11-7-13(16)10(2)14(17)8-11/h3-8H,17H2,1-2H3,(H,18,19). The number of aryl methyl sites for hydroxylation is 1. The molecule has 0 aliphatic rings. The topological polar surface area (TPSA) is 55.1 Å². The van der Waals surface area contributed by atoms with E-state index in [4.69, 9.17) is 5.73 Å². The van der Waals surface area contributed by atoms with E-state index in [2.05, 4.69) is 5.32 Å². The molecule has 0 bridgehead atoms. The van der Waals surface area contributed by atoms with Gasteiger partial charge in [-0.15, -0.1) is 0 Å². The van der Waals surface area contributed by atoms with Crippen LogP contribution in [0.3, 0.4) is 0 Å². The number of anilines is 2. The second kappa shape index (κ2) is 5.10. The molecule has 3 N–H and O–H groups in total. The van der Waals surface area contributed by atoms with Gasteiger partial charge < -0.3 is 11.1 Å². The molecule has 0 aliphatic carbocycles. The Balaban J connectivity index is 2.25. The first kappa shape index (κ1) is 13.1. The van der Waals surface area contributed by atoms with Gasteiger partial charge >= 0.3 is 0 Å². The highest BCUT2D eigenvalue weighted by Crippen LogP contribution is 2.19. The summed E-state index contributed by atoms with van der Waals surface area (Å²) in [6, 6.07) is 10.1. The third kappa shape index (κ3) is 2.91. The molecule has 2 aromatic rings. The minimum absolute atomic E-state index is 0.210. The van der Waals surface area contributed by atoms with E-state index in [1.807, 2.05) is 25.1 Å². The number of nitrogens with one attached hydrogen (secondary N) is 1. The van der Waals surface area contributed by atoms with Crippen LogP contribution in [0.4, 0.5) is 15.8 Å². The Morgan fingerprint density at radius 2 is 1.95 bits per heavy atom. The fourth-order valence-electron chi connectivity index (χ4n) is 1.76. The lowest BCUT2D eigenvalue weighted by atomic mass is 10.1. The quantitative estimate of drug-likeness (QED) is 0.812. The monoisotopic (exact) mass is 258 g/mol. The summed E-state index contributed by atoms with van der Waals surface area (Å²) in [7, 11) is 0. The smallest absolute Gasteiger partial charge is 0.255 e. The molecule has 0 saturated heterocycles. The number of hydrogen-bond donors (Lipinski definition) is 2. The number of benzene rings is 2. The number of carbonyl (C=O) groups is 1. The molecular weight excluding hydrogens is 243 g/mol. The van der Waals surface area contributed by atoms with Crippen LogP contribution in [0.5, 0.6) is 0 Å². The van der Waals surface area contributed by atoms with Crippen LogP contribution >= 0.6 is 0 Å². The summed E-state index contributed by atoms with van der Waals surface area (Å²) in [6.45, 7) is 3.51. The lowest BCUT2D eigenvalue weighted by Gasteiger charge is -2.08. The Labute approximate surface area is 111 Å². The van der Waals surface area contributed by atoms with E-state index in [1.165, 1.54) is 12.1 Å². The Morgan fingerprint density at radius 3 is 2.58 bits per heavy atom. The number of hydrogen-bond acceptors (Lipinski definition) is 2. The Kier molecular flexibility index (Phi) is 3.51. The molecule has 0 aliphatic heterocycles. The molecule has 3 nitrogen and oxygen atoms in total. The van der Waals surface area contributed by atoms with E-state index in [0.717, 1.165) is 5.56 Å². The number of rotatable bonds is 2. The van der Waals surface area contributed by atoms with E-state index in [9.17, 15) is 9.18 Å². The summed E-state index contributed by atoms with van der Waals surface area (Å²) < 4.78 is 13.5. The van der Waals surface area contributed by atoms with Gasteiger partial charge in [0.25, 0.3) is 5.91 Å². The van der Waals surface area contributed by atoms with Gasteiger partial charge in [-0.1, -0.05) is 12.1 Å². The van der Waals surface area contributed by atoms with E-state index in [0.29, 0.717) is 11.3 Å². The molecule has 0 aromatic heterocycles.